The second-order valence-corrected chi connectivity index (χ2v) is 7.83. The van der Waals surface area contributed by atoms with Crippen LogP contribution in [0.1, 0.15) is 31.1 Å². The van der Waals surface area contributed by atoms with Crippen molar-refractivity contribution in [2.75, 3.05) is 12.4 Å². The van der Waals surface area contributed by atoms with Crippen molar-refractivity contribution in [2.45, 2.75) is 33.0 Å². The molecule has 1 N–H and O–H groups in total. The van der Waals surface area contributed by atoms with Gasteiger partial charge in [0.15, 0.2) is 22.7 Å². The molecule has 7 nitrogen and oxygen atoms in total. The highest BCUT2D eigenvalue weighted by Crippen LogP contribution is 2.29. The van der Waals surface area contributed by atoms with E-state index >= 15 is 0 Å². The van der Waals surface area contributed by atoms with Gasteiger partial charge in [0.05, 0.1) is 24.5 Å². The van der Waals surface area contributed by atoms with Crippen molar-refractivity contribution < 1.29 is 23.8 Å². The number of esters is 1. The lowest BCUT2D eigenvalue weighted by Crippen LogP contribution is -2.30. The molecule has 1 unspecified atom stereocenters. The maximum absolute atomic E-state index is 12.5. The minimum Gasteiger partial charge on any atom is -0.493 e. The molecule has 31 heavy (non-hydrogen) atoms. The number of ether oxygens (including phenoxy) is 3. The van der Waals surface area contributed by atoms with Crippen molar-refractivity contribution in [2.24, 2.45) is 0 Å². The Bertz CT molecular complexity index is 1050. The number of amides is 1. The highest BCUT2D eigenvalue weighted by atomic mass is 32.1. The van der Waals surface area contributed by atoms with Crippen LogP contribution < -0.4 is 14.8 Å². The number of hydrogen-bond acceptors (Lipinski definition) is 7. The molecule has 3 rings (SSSR count). The van der Waals surface area contributed by atoms with Crippen molar-refractivity contribution in [3.8, 4) is 22.8 Å². The van der Waals surface area contributed by atoms with E-state index in [1.165, 1.54) is 31.4 Å². The van der Waals surface area contributed by atoms with Crippen LogP contribution in [-0.2, 0) is 9.53 Å². The van der Waals surface area contributed by atoms with Crippen LogP contribution in [0.3, 0.4) is 0 Å². The van der Waals surface area contributed by atoms with Crippen LogP contribution >= 0.6 is 11.3 Å². The second kappa shape index (κ2) is 10.1. The predicted octanol–water partition coefficient (Wildman–Crippen LogP) is 4.79. The van der Waals surface area contributed by atoms with Gasteiger partial charge >= 0.3 is 5.97 Å². The molecule has 1 amide bonds. The molecule has 1 aromatic heterocycles. The monoisotopic (exact) mass is 440 g/mol. The van der Waals surface area contributed by atoms with Gasteiger partial charge in [0, 0.05) is 10.9 Å². The number of aromatic nitrogens is 1. The molecule has 0 radical (unpaired) electrons. The summed E-state index contributed by atoms with van der Waals surface area (Å²) in [5, 5.41) is 4.98. The van der Waals surface area contributed by atoms with E-state index in [4.69, 9.17) is 14.2 Å². The molecule has 0 aliphatic heterocycles. The maximum atomic E-state index is 12.5. The number of thiazole rings is 1. The summed E-state index contributed by atoms with van der Waals surface area (Å²) >= 11 is 1.30. The van der Waals surface area contributed by atoms with E-state index in [2.05, 4.69) is 10.3 Å². The Kier molecular flexibility index (Phi) is 7.25. The lowest BCUT2D eigenvalue weighted by molar-refractivity contribution is -0.123. The van der Waals surface area contributed by atoms with E-state index in [9.17, 15) is 9.59 Å². The molecule has 0 spiro atoms. The summed E-state index contributed by atoms with van der Waals surface area (Å²) in [4.78, 5) is 29.4. The number of anilines is 1. The van der Waals surface area contributed by atoms with Crippen LogP contribution in [0.15, 0.2) is 53.9 Å². The number of methoxy groups -OCH3 is 1. The van der Waals surface area contributed by atoms with Gasteiger partial charge in [-0.3, -0.25) is 10.1 Å². The first-order chi connectivity index (χ1) is 14.9. The molecule has 1 heterocycles. The number of nitrogens with zero attached hydrogens (tertiary/aromatic N) is 1. The molecule has 0 aliphatic carbocycles. The Balaban J connectivity index is 1.62. The van der Waals surface area contributed by atoms with Gasteiger partial charge in [-0.15, -0.1) is 11.3 Å². The average molecular weight is 441 g/mol. The molecule has 0 aliphatic rings. The van der Waals surface area contributed by atoms with E-state index in [-0.39, 0.29) is 11.7 Å². The van der Waals surface area contributed by atoms with E-state index in [0.29, 0.717) is 16.6 Å². The Hall–Kier alpha value is -3.39. The molecule has 8 heteroatoms. The van der Waals surface area contributed by atoms with Gasteiger partial charge in [-0.05, 0) is 39.0 Å². The Morgan fingerprint density at radius 2 is 1.77 bits per heavy atom. The first-order valence-electron chi connectivity index (χ1n) is 9.75. The van der Waals surface area contributed by atoms with Crippen molar-refractivity contribution in [1.82, 2.24) is 4.98 Å². The summed E-state index contributed by atoms with van der Waals surface area (Å²) in [6.07, 6.45) is -1.04. The first-order valence-corrected chi connectivity index (χ1v) is 10.6. The summed E-state index contributed by atoms with van der Waals surface area (Å²) in [7, 11) is 1.49. The summed E-state index contributed by atoms with van der Waals surface area (Å²) in [5.74, 6) is -0.162. The molecule has 3 aromatic rings. The number of rotatable bonds is 8. The third-order valence-electron chi connectivity index (χ3n) is 4.22. The van der Waals surface area contributed by atoms with E-state index < -0.39 is 18.0 Å². The lowest BCUT2D eigenvalue weighted by atomic mass is 10.2. The third kappa shape index (κ3) is 5.82. The SMILES string of the molecule is COc1cc(C(=O)OC(C)C(=O)Nc2nc(-c3ccccc3)cs2)ccc1OC(C)C. The molecule has 2 aromatic carbocycles. The van der Waals surface area contributed by atoms with Crippen molar-refractivity contribution in [3.05, 3.63) is 59.5 Å². The first kappa shape index (κ1) is 22.3. The molecule has 162 valence electrons. The van der Waals surface area contributed by atoms with E-state index in [1.54, 1.807) is 12.1 Å². The highest BCUT2D eigenvalue weighted by Gasteiger charge is 2.21. The van der Waals surface area contributed by atoms with Gasteiger partial charge < -0.3 is 14.2 Å². The molecular weight excluding hydrogens is 416 g/mol. The largest absolute Gasteiger partial charge is 0.493 e. The second-order valence-electron chi connectivity index (χ2n) is 6.97. The van der Waals surface area contributed by atoms with E-state index in [1.807, 2.05) is 49.6 Å². The normalized spacial score (nSPS) is 11.6. The molecule has 0 bridgehead atoms. The van der Waals surface area contributed by atoms with Crippen molar-refractivity contribution >= 4 is 28.3 Å². The topological polar surface area (TPSA) is 86.8 Å². The van der Waals surface area contributed by atoms with Crippen LogP contribution in [0.5, 0.6) is 11.5 Å². The summed E-state index contributed by atoms with van der Waals surface area (Å²) in [6, 6.07) is 14.4. The number of carbonyl (C=O) groups is 2. The molecule has 1 atom stereocenters. The average Bonchev–Trinajstić information content (AvgIpc) is 3.22. The summed E-state index contributed by atoms with van der Waals surface area (Å²) < 4.78 is 16.2. The Morgan fingerprint density at radius 1 is 1.03 bits per heavy atom. The fourth-order valence-electron chi connectivity index (χ4n) is 2.71. The summed E-state index contributed by atoms with van der Waals surface area (Å²) in [5.41, 5.74) is 1.98. The van der Waals surface area contributed by atoms with E-state index in [0.717, 1.165) is 11.3 Å². The number of benzene rings is 2. The summed E-state index contributed by atoms with van der Waals surface area (Å²) in [6.45, 7) is 5.30. The number of carbonyl (C=O) groups excluding carboxylic acids is 2. The lowest BCUT2D eigenvalue weighted by Gasteiger charge is -2.15. The molecule has 0 fully saturated rings. The van der Waals surface area contributed by atoms with Gasteiger partial charge in [-0.2, -0.15) is 0 Å². The van der Waals surface area contributed by atoms with Crippen LogP contribution in [0.2, 0.25) is 0 Å². The zero-order valence-corrected chi connectivity index (χ0v) is 18.6. The van der Waals surface area contributed by atoms with Crippen LogP contribution in [0, 0.1) is 0 Å². The van der Waals surface area contributed by atoms with Gasteiger partial charge in [-0.25, -0.2) is 9.78 Å². The Labute approximate surface area is 185 Å². The highest BCUT2D eigenvalue weighted by molar-refractivity contribution is 7.14. The Morgan fingerprint density at radius 3 is 2.45 bits per heavy atom. The molecular formula is C23H24N2O5S. The molecule has 0 saturated heterocycles. The minimum atomic E-state index is -1.01. The van der Waals surface area contributed by atoms with Gasteiger partial charge in [0.2, 0.25) is 0 Å². The zero-order valence-electron chi connectivity index (χ0n) is 17.7. The standard InChI is InChI=1S/C23H24N2O5S/c1-14(2)29-19-11-10-17(12-20(19)28-4)22(27)30-15(3)21(26)25-23-24-18(13-31-23)16-8-6-5-7-9-16/h5-15H,1-4H3,(H,24,25,26). The van der Waals surface area contributed by atoms with Crippen LogP contribution in [-0.4, -0.2) is 36.2 Å². The van der Waals surface area contributed by atoms with Gasteiger partial charge in [-0.1, -0.05) is 30.3 Å². The fraction of sp³-hybridized carbons (Fsp3) is 0.261. The minimum absolute atomic E-state index is 0.0383. The van der Waals surface area contributed by atoms with Gasteiger partial charge in [0.1, 0.15) is 0 Å². The van der Waals surface area contributed by atoms with Gasteiger partial charge in [0.25, 0.3) is 5.91 Å². The maximum Gasteiger partial charge on any atom is 0.339 e. The number of hydrogen-bond donors (Lipinski definition) is 1. The quantitative estimate of drug-likeness (QED) is 0.507. The number of nitrogens with one attached hydrogen (secondary N) is 1. The molecule has 0 saturated carbocycles. The van der Waals surface area contributed by atoms with Crippen LogP contribution in [0.4, 0.5) is 5.13 Å². The zero-order chi connectivity index (χ0) is 22.4. The smallest absolute Gasteiger partial charge is 0.339 e. The van der Waals surface area contributed by atoms with Crippen molar-refractivity contribution in [3.63, 3.8) is 0 Å². The van der Waals surface area contributed by atoms with Crippen LogP contribution in [0.25, 0.3) is 11.3 Å². The van der Waals surface area contributed by atoms with Crippen molar-refractivity contribution in [1.29, 1.82) is 0 Å². The fourth-order valence-corrected chi connectivity index (χ4v) is 3.43. The predicted molar refractivity (Wildman–Crippen MR) is 120 cm³/mol. The third-order valence-corrected chi connectivity index (χ3v) is 4.98.